The first-order valence-corrected chi connectivity index (χ1v) is 2.21. The van der Waals surface area contributed by atoms with Crippen LogP contribution in [0.4, 0.5) is 0 Å². The zero-order valence-corrected chi connectivity index (χ0v) is 4.09. The minimum absolute atomic E-state index is 0.239. The molecule has 0 aliphatic carbocycles. The average Bonchev–Trinajstić information content (AvgIpc) is 1.81. The van der Waals surface area contributed by atoms with Crippen LogP contribution in [0.15, 0.2) is 0 Å². The lowest BCUT2D eigenvalue weighted by Crippen LogP contribution is -2.65. The maximum absolute atomic E-state index is 10.2. The topological polar surface area (TPSA) is 78.9 Å². The lowest BCUT2D eigenvalue weighted by Gasteiger charge is -2.27. The molecule has 1 heterocycles. The molecule has 8 heavy (non-hydrogen) atoms. The van der Waals surface area contributed by atoms with Crippen LogP contribution in [0.5, 0.6) is 0 Å². The summed E-state index contributed by atoms with van der Waals surface area (Å²) < 4.78 is 0. The van der Waals surface area contributed by atoms with E-state index in [0.29, 0.717) is 0 Å². The van der Waals surface area contributed by atoms with Gasteiger partial charge in [0.1, 0.15) is 12.1 Å². The Labute approximate surface area is 46.3 Å². The molecule has 4 heteroatoms. The Morgan fingerprint density at radius 1 is 1.88 bits per heavy atom. The summed E-state index contributed by atoms with van der Waals surface area (Å²) in [6.45, 7) is 0. The van der Waals surface area contributed by atoms with Gasteiger partial charge in [-0.25, -0.2) is 0 Å². The number of hydrogen-bond donors (Lipinski definition) is 2. The monoisotopic (exact) mass is 111 g/mol. The molecule has 0 aromatic carbocycles. The van der Waals surface area contributed by atoms with Crippen molar-refractivity contribution in [1.29, 1.82) is 5.26 Å². The zero-order chi connectivity index (χ0) is 6.15. The molecule has 0 spiro atoms. The number of nitrogens with two attached hydrogens (primary N) is 1. The number of carbonyl (C=O) groups is 1. The predicted molar refractivity (Wildman–Crippen MR) is 25.5 cm³/mol. The van der Waals surface area contributed by atoms with Crippen molar-refractivity contribution in [3.8, 4) is 6.07 Å². The van der Waals surface area contributed by atoms with Gasteiger partial charge in [0.15, 0.2) is 0 Å². The van der Waals surface area contributed by atoms with Crippen LogP contribution < -0.4 is 11.1 Å². The lowest BCUT2D eigenvalue weighted by atomic mass is 10.0. The molecule has 1 saturated heterocycles. The van der Waals surface area contributed by atoms with E-state index in [1.165, 1.54) is 0 Å². The zero-order valence-electron chi connectivity index (χ0n) is 4.09. The molecule has 42 valence electrons. The summed E-state index contributed by atoms with van der Waals surface area (Å²) in [6, 6.07) is 0.771. The van der Waals surface area contributed by atoms with Gasteiger partial charge in [0.25, 0.3) is 0 Å². The van der Waals surface area contributed by atoms with Crippen molar-refractivity contribution < 1.29 is 4.79 Å². The molecule has 0 unspecified atom stereocenters. The fourth-order valence-electron chi connectivity index (χ4n) is 0.507. The largest absolute Gasteiger partial charge is 0.337 e. The third-order valence-electron chi connectivity index (χ3n) is 1.10. The Morgan fingerprint density at radius 2 is 2.50 bits per heavy atom. The highest BCUT2D eigenvalue weighted by Gasteiger charge is 2.35. The van der Waals surface area contributed by atoms with Crippen molar-refractivity contribution >= 4 is 5.91 Å². The maximum Gasteiger partial charge on any atom is 0.241 e. The van der Waals surface area contributed by atoms with Crippen LogP contribution in [-0.2, 0) is 4.79 Å². The van der Waals surface area contributed by atoms with Crippen molar-refractivity contribution in [2.24, 2.45) is 5.73 Å². The van der Waals surface area contributed by atoms with E-state index in [0.717, 1.165) is 0 Å². The van der Waals surface area contributed by atoms with Crippen molar-refractivity contribution in [2.45, 2.75) is 12.1 Å². The Morgan fingerprint density at radius 3 is 2.62 bits per heavy atom. The predicted octanol–water partition coefficient (Wildman–Crippen LogP) is -1.66. The Balaban J connectivity index is 2.50. The molecule has 1 fully saturated rings. The Bertz CT molecular complexity index is 159. The molecule has 0 aromatic rings. The Kier molecular flexibility index (Phi) is 0.922. The van der Waals surface area contributed by atoms with Crippen molar-refractivity contribution in [1.82, 2.24) is 5.32 Å². The molecular weight excluding hydrogens is 106 g/mol. The molecule has 1 aliphatic rings. The van der Waals surface area contributed by atoms with Gasteiger partial charge in [-0.05, 0) is 0 Å². The maximum atomic E-state index is 10.2. The number of carbonyl (C=O) groups excluding carboxylic acids is 1. The molecule has 2 atom stereocenters. The molecule has 0 radical (unpaired) electrons. The fourth-order valence-corrected chi connectivity index (χ4v) is 0.507. The summed E-state index contributed by atoms with van der Waals surface area (Å²) in [5.41, 5.74) is 5.14. The minimum atomic E-state index is -0.597. The number of rotatable bonds is 0. The van der Waals surface area contributed by atoms with E-state index in [1.807, 2.05) is 6.07 Å². The fraction of sp³-hybridized carbons (Fsp3) is 0.500. The van der Waals surface area contributed by atoms with Gasteiger partial charge in [-0.2, -0.15) is 5.26 Å². The van der Waals surface area contributed by atoms with Gasteiger partial charge in [-0.15, -0.1) is 0 Å². The number of nitriles is 1. The van der Waals surface area contributed by atoms with E-state index in [1.54, 1.807) is 0 Å². The number of nitrogens with zero attached hydrogens (tertiary/aromatic N) is 1. The van der Waals surface area contributed by atoms with E-state index in [-0.39, 0.29) is 5.91 Å². The third-order valence-corrected chi connectivity index (χ3v) is 1.10. The molecule has 4 nitrogen and oxygen atoms in total. The molecular formula is C4H5N3O. The standard InChI is InChI=1S/C4H5N3O/c5-1-2-3(6)4(8)7-2/h2-3H,6H2,(H,7,8)/t2-,3-/m0/s1. The lowest BCUT2D eigenvalue weighted by molar-refractivity contribution is -0.128. The Hall–Kier alpha value is -1.08. The van der Waals surface area contributed by atoms with Gasteiger partial charge in [-0.1, -0.05) is 0 Å². The summed E-state index contributed by atoms with van der Waals surface area (Å²) in [5.74, 6) is -0.239. The quantitative estimate of drug-likeness (QED) is 0.367. The SMILES string of the molecule is N#C[C@@H]1NC(=O)[C@H]1N. The summed E-state index contributed by atoms with van der Waals surface area (Å²) >= 11 is 0. The first kappa shape index (κ1) is 5.06. The van der Waals surface area contributed by atoms with Gasteiger partial charge in [-0.3, -0.25) is 4.79 Å². The average molecular weight is 111 g/mol. The van der Waals surface area contributed by atoms with E-state index in [4.69, 9.17) is 11.0 Å². The van der Waals surface area contributed by atoms with E-state index < -0.39 is 12.1 Å². The van der Waals surface area contributed by atoms with E-state index in [2.05, 4.69) is 5.32 Å². The van der Waals surface area contributed by atoms with Crippen molar-refractivity contribution in [3.63, 3.8) is 0 Å². The van der Waals surface area contributed by atoms with Gasteiger partial charge >= 0.3 is 0 Å². The number of hydrogen-bond acceptors (Lipinski definition) is 3. The summed E-state index contributed by atoms with van der Waals surface area (Å²) in [7, 11) is 0. The van der Waals surface area contributed by atoms with E-state index >= 15 is 0 Å². The third kappa shape index (κ3) is 0.453. The minimum Gasteiger partial charge on any atom is -0.337 e. The highest BCUT2D eigenvalue weighted by molar-refractivity contribution is 5.90. The van der Waals surface area contributed by atoms with Crippen LogP contribution in [0, 0.1) is 11.3 Å². The smallest absolute Gasteiger partial charge is 0.241 e. The highest BCUT2D eigenvalue weighted by Crippen LogP contribution is 1.99. The highest BCUT2D eigenvalue weighted by atomic mass is 16.2. The second kappa shape index (κ2) is 1.46. The molecule has 3 N–H and O–H groups in total. The second-order valence-electron chi connectivity index (χ2n) is 1.64. The number of amides is 1. The normalized spacial score (nSPS) is 34.8. The van der Waals surface area contributed by atoms with Crippen molar-refractivity contribution in [2.75, 3.05) is 0 Å². The second-order valence-corrected chi connectivity index (χ2v) is 1.64. The van der Waals surface area contributed by atoms with Crippen molar-refractivity contribution in [3.05, 3.63) is 0 Å². The van der Waals surface area contributed by atoms with Crippen LogP contribution in [0.25, 0.3) is 0 Å². The van der Waals surface area contributed by atoms with Gasteiger partial charge < -0.3 is 11.1 Å². The number of nitrogens with one attached hydrogen (secondary N) is 1. The summed E-state index contributed by atoms with van der Waals surface area (Å²) in [5, 5.41) is 10.4. The molecule has 0 saturated carbocycles. The summed E-state index contributed by atoms with van der Waals surface area (Å²) in [4.78, 5) is 10.2. The van der Waals surface area contributed by atoms with Gasteiger partial charge in [0.2, 0.25) is 5.91 Å². The molecule has 1 rings (SSSR count). The van der Waals surface area contributed by atoms with Crippen LogP contribution in [0.1, 0.15) is 0 Å². The molecule has 0 bridgehead atoms. The molecule has 1 amide bonds. The van der Waals surface area contributed by atoms with Crippen LogP contribution in [0.3, 0.4) is 0 Å². The van der Waals surface area contributed by atoms with Gasteiger partial charge in [0, 0.05) is 0 Å². The van der Waals surface area contributed by atoms with Gasteiger partial charge in [0.05, 0.1) is 6.07 Å². The van der Waals surface area contributed by atoms with E-state index in [9.17, 15) is 4.79 Å². The van der Waals surface area contributed by atoms with Crippen LogP contribution in [-0.4, -0.2) is 18.0 Å². The number of β-lactam (4-membered cyclic amide) rings is 1. The molecule has 0 aromatic heterocycles. The van der Waals surface area contributed by atoms with Crippen LogP contribution >= 0.6 is 0 Å². The first-order chi connectivity index (χ1) is 3.75. The van der Waals surface area contributed by atoms with Crippen LogP contribution in [0.2, 0.25) is 0 Å². The molecule has 1 aliphatic heterocycles. The first-order valence-electron chi connectivity index (χ1n) is 2.21. The summed E-state index contributed by atoms with van der Waals surface area (Å²) in [6.07, 6.45) is 0.